The Hall–Kier alpha value is -0.780. The molecule has 0 heterocycles. The molecule has 0 aromatic rings. The Kier molecular flexibility index (Phi) is 7.34. The van der Waals surface area contributed by atoms with Gasteiger partial charge in [0.05, 0.1) is 0 Å². The number of unbranched alkanes of at least 4 members (excludes halogenated alkanes) is 1. The Labute approximate surface area is 118 Å². The topological polar surface area (TPSA) is 55.1 Å². The van der Waals surface area contributed by atoms with Crippen LogP contribution in [-0.4, -0.2) is 24.7 Å². The summed E-state index contributed by atoms with van der Waals surface area (Å²) in [5.41, 5.74) is 5.82. The normalized spacial score (nSPS) is 23.6. The van der Waals surface area contributed by atoms with E-state index in [0.29, 0.717) is 31.3 Å². The van der Waals surface area contributed by atoms with E-state index in [4.69, 9.17) is 5.73 Å². The Bertz CT molecular complexity index is 287. The molecule has 0 aromatic carbocycles. The highest BCUT2D eigenvalue weighted by Crippen LogP contribution is 2.26. The number of hydrogen-bond donors (Lipinski definition) is 2. The van der Waals surface area contributed by atoms with Crippen LogP contribution in [0, 0.1) is 5.92 Å². The second-order valence-corrected chi connectivity index (χ2v) is 5.74. The van der Waals surface area contributed by atoms with Crippen LogP contribution < -0.4 is 11.1 Å². The summed E-state index contributed by atoms with van der Waals surface area (Å²) in [4.78, 5) is 11.6. The maximum absolute atomic E-state index is 11.9. The molecule has 0 atom stereocenters. The minimum absolute atomic E-state index is 0.0492. The van der Waals surface area contributed by atoms with E-state index in [2.05, 4.69) is 5.32 Å². The third-order valence-electron chi connectivity index (χ3n) is 3.88. The minimum atomic E-state index is -4.09. The predicted octanol–water partition coefficient (Wildman–Crippen LogP) is 3.13. The number of carbonyl (C=O) groups is 1. The molecule has 3 nitrogen and oxygen atoms in total. The molecule has 1 aliphatic carbocycles. The van der Waals surface area contributed by atoms with E-state index in [-0.39, 0.29) is 12.3 Å². The van der Waals surface area contributed by atoms with Crippen LogP contribution in [0.4, 0.5) is 13.2 Å². The van der Waals surface area contributed by atoms with Gasteiger partial charge in [-0.25, -0.2) is 0 Å². The van der Waals surface area contributed by atoms with E-state index in [1.807, 2.05) is 0 Å². The summed E-state index contributed by atoms with van der Waals surface area (Å²) < 4.78 is 35.7. The Morgan fingerprint density at radius 2 is 1.80 bits per heavy atom. The molecule has 6 heteroatoms. The van der Waals surface area contributed by atoms with Crippen molar-refractivity contribution in [2.24, 2.45) is 11.7 Å². The number of nitrogens with two attached hydrogens (primary N) is 1. The molecule has 1 saturated carbocycles. The van der Waals surface area contributed by atoms with Crippen molar-refractivity contribution in [3.05, 3.63) is 0 Å². The molecule has 118 valence electrons. The van der Waals surface area contributed by atoms with Gasteiger partial charge < -0.3 is 11.1 Å². The monoisotopic (exact) mass is 294 g/mol. The van der Waals surface area contributed by atoms with Gasteiger partial charge in [-0.05, 0) is 50.9 Å². The van der Waals surface area contributed by atoms with Crippen LogP contribution in [0.25, 0.3) is 0 Å². The molecule has 0 radical (unpaired) electrons. The first kappa shape index (κ1) is 17.3. The standard InChI is InChI=1S/C14H25F3N2O/c15-14(16,17)9-1-2-10-19-13(20)8-5-11-3-6-12(18)7-4-11/h11-12H,1-10,18H2,(H,19,20). The fourth-order valence-electron chi connectivity index (χ4n) is 2.58. The van der Waals surface area contributed by atoms with Crippen molar-refractivity contribution in [3.8, 4) is 0 Å². The molecule has 0 aromatic heterocycles. The molecule has 1 aliphatic rings. The van der Waals surface area contributed by atoms with Crippen LogP contribution in [0.5, 0.6) is 0 Å². The van der Waals surface area contributed by atoms with Gasteiger partial charge in [-0.15, -0.1) is 0 Å². The van der Waals surface area contributed by atoms with Crippen molar-refractivity contribution in [2.45, 2.75) is 70.0 Å². The summed E-state index contributed by atoms with van der Waals surface area (Å²) in [5.74, 6) is 0.526. The summed E-state index contributed by atoms with van der Waals surface area (Å²) >= 11 is 0. The number of rotatable bonds is 7. The van der Waals surface area contributed by atoms with Crippen molar-refractivity contribution in [2.75, 3.05) is 6.54 Å². The number of hydrogen-bond acceptors (Lipinski definition) is 2. The highest BCUT2D eigenvalue weighted by molar-refractivity contribution is 5.75. The van der Waals surface area contributed by atoms with Crippen molar-refractivity contribution in [3.63, 3.8) is 0 Å². The largest absolute Gasteiger partial charge is 0.389 e. The summed E-state index contributed by atoms with van der Waals surface area (Å²) in [6.07, 6.45) is 1.15. The smallest absolute Gasteiger partial charge is 0.356 e. The van der Waals surface area contributed by atoms with Gasteiger partial charge in [0.15, 0.2) is 0 Å². The van der Waals surface area contributed by atoms with Crippen LogP contribution in [0.15, 0.2) is 0 Å². The fourth-order valence-corrected chi connectivity index (χ4v) is 2.58. The summed E-state index contributed by atoms with van der Waals surface area (Å²) in [6, 6.07) is 0.314. The maximum atomic E-state index is 11.9. The first-order chi connectivity index (χ1) is 9.37. The fraction of sp³-hybridized carbons (Fsp3) is 0.929. The summed E-state index contributed by atoms with van der Waals surface area (Å²) in [7, 11) is 0. The lowest BCUT2D eigenvalue weighted by Gasteiger charge is -2.25. The number of amides is 1. The molecule has 3 N–H and O–H groups in total. The first-order valence-electron chi connectivity index (χ1n) is 7.46. The van der Waals surface area contributed by atoms with E-state index in [9.17, 15) is 18.0 Å². The van der Waals surface area contributed by atoms with Gasteiger partial charge in [0.2, 0.25) is 5.91 Å². The van der Waals surface area contributed by atoms with Gasteiger partial charge in [0.1, 0.15) is 0 Å². The van der Waals surface area contributed by atoms with E-state index in [1.165, 1.54) is 0 Å². The Balaban J connectivity index is 1.98. The lowest BCUT2D eigenvalue weighted by molar-refractivity contribution is -0.135. The Morgan fingerprint density at radius 3 is 2.40 bits per heavy atom. The highest BCUT2D eigenvalue weighted by atomic mass is 19.4. The number of nitrogens with one attached hydrogen (secondary N) is 1. The molecule has 0 bridgehead atoms. The molecule has 0 unspecified atom stereocenters. The second kappa shape index (κ2) is 8.49. The van der Waals surface area contributed by atoms with Gasteiger partial charge in [-0.2, -0.15) is 13.2 Å². The van der Waals surface area contributed by atoms with Crippen LogP contribution in [0.1, 0.15) is 57.8 Å². The van der Waals surface area contributed by atoms with E-state index < -0.39 is 12.6 Å². The molecular weight excluding hydrogens is 269 g/mol. The van der Waals surface area contributed by atoms with Gasteiger partial charge in [0, 0.05) is 25.4 Å². The third-order valence-corrected chi connectivity index (χ3v) is 3.88. The average Bonchev–Trinajstić information content (AvgIpc) is 2.36. The minimum Gasteiger partial charge on any atom is -0.356 e. The molecule has 1 fully saturated rings. The molecule has 0 spiro atoms. The van der Waals surface area contributed by atoms with Gasteiger partial charge in [0.25, 0.3) is 0 Å². The lowest BCUT2D eigenvalue weighted by atomic mass is 9.84. The van der Waals surface area contributed by atoms with Crippen LogP contribution >= 0.6 is 0 Å². The predicted molar refractivity (Wildman–Crippen MR) is 72.1 cm³/mol. The van der Waals surface area contributed by atoms with Crippen LogP contribution in [0.3, 0.4) is 0 Å². The molecule has 0 saturated heterocycles. The first-order valence-corrected chi connectivity index (χ1v) is 7.46. The van der Waals surface area contributed by atoms with Gasteiger partial charge >= 0.3 is 6.18 Å². The van der Waals surface area contributed by atoms with Gasteiger partial charge in [-0.3, -0.25) is 4.79 Å². The Morgan fingerprint density at radius 1 is 1.15 bits per heavy atom. The zero-order valence-corrected chi connectivity index (χ0v) is 11.8. The molecule has 0 aliphatic heterocycles. The molecular formula is C14H25F3N2O. The average molecular weight is 294 g/mol. The molecule has 1 rings (SSSR count). The van der Waals surface area contributed by atoms with Crippen molar-refractivity contribution >= 4 is 5.91 Å². The van der Waals surface area contributed by atoms with Crippen LogP contribution in [0.2, 0.25) is 0 Å². The quantitative estimate of drug-likeness (QED) is 0.709. The van der Waals surface area contributed by atoms with Crippen molar-refractivity contribution in [1.82, 2.24) is 5.32 Å². The lowest BCUT2D eigenvalue weighted by Crippen LogP contribution is -2.28. The van der Waals surface area contributed by atoms with Gasteiger partial charge in [-0.1, -0.05) is 0 Å². The zero-order chi connectivity index (χ0) is 15.0. The molecule has 20 heavy (non-hydrogen) atoms. The van der Waals surface area contributed by atoms with Crippen molar-refractivity contribution in [1.29, 1.82) is 0 Å². The summed E-state index contributed by atoms with van der Waals surface area (Å²) in [5, 5.41) is 2.69. The van der Waals surface area contributed by atoms with Crippen LogP contribution in [-0.2, 0) is 4.79 Å². The van der Waals surface area contributed by atoms with Crippen molar-refractivity contribution < 1.29 is 18.0 Å². The summed E-state index contributed by atoms with van der Waals surface area (Å²) in [6.45, 7) is 0.338. The van der Waals surface area contributed by atoms with E-state index >= 15 is 0 Å². The van der Waals surface area contributed by atoms with E-state index in [1.54, 1.807) is 0 Å². The highest BCUT2D eigenvalue weighted by Gasteiger charge is 2.25. The maximum Gasteiger partial charge on any atom is 0.389 e. The SMILES string of the molecule is NC1CCC(CCC(=O)NCCCCC(F)(F)F)CC1. The molecule has 1 amide bonds. The second-order valence-electron chi connectivity index (χ2n) is 5.74. The zero-order valence-electron chi connectivity index (χ0n) is 11.8. The number of alkyl halides is 3. The number of halogens is 3. The van der Waals surface area contributed by atoms with E-state index in [0.717, 1.165) is 32.1 Å². The third kappa shape index (κ3) is 8.40. The number of carbonyl (C=O) groups excluding carboxylic acids is 1.